The number of carbonyl (C=O) groups is 1. The minimum Gasteiger partial charge on any atom is -0.506 e. The molecule has 1 amide bonds. The summed E-state index contributed by atoms with van der Waals surface area (Å²) < 4.78 is 34.0. The largest absolute Gasteiger partial charge is 0.506 e. The second kappa shape index (κ2) is 11.2. The smallest absolute Gasteiger partial charge is 0.305 e. The first-order valence-corrected chi connectivity index (χ1v) is 11.3. The number of halogens is 2. The summed E-state index contributed by atoms with van der Waals surface area (Å²) in [7, 11) is 0. The lowest BCUT2D eigenvalue weighted by atomic mass is 10.1. The minimum absolute atomic E-state index is 0.0641. The third-order valence-corrected chi connectivity index (χ3v) is 5.97. The van der Waals surface area contributed by atoms with Crippen LogP contribution in [-0.2, 0) is 22.4 Å². The molecule has 0 bridgehead atoms. The molecule has 3 aromatic rings. The monoisotopic (exact) mass is 464 g/mol. The Balaban J connectivity index is 1.34. The van der Waals surface area contributed by atoms with E-state index in [1.807, 2.05) is 30.3 Å². The van der Waals surface area contributed by atoms with Crippen LogP contribution in [-0.4, -0.2) is 41.7 Å². The predicted molar refractivity (Wildman–Crippen MR) is 121 cm³/mol. The van der Waals surface area contributed by atoms with Crippen LogP contribution in [0.2, 0.25) is 0 Å². The highest BCUT2D eigenvalue weighted by Gasteiger charge is 2.27. The normalized spacial score (nSPS) is 11.7. The molecule has 1 heterocycles. The van der Waals surface area contributed by atoms with E-state index in [1.54, 1.807) is 6.07 Å². The highest BCUT2D eigenvalue weighted by atomic mass is 32.1. The number of aromatic hydroxyl groups is 1. The Morgan fingerprint density at radius 3 is 2.69 bits per heavy atom. The fraction of sp³-hybridized carbons (Fsp3) is 0.391. The van der Waals surface area contributed by atoms with Crippen LogP contribution in [0.5, 0.6) is 5.75 Å². The van der Waals surface area contributed by atoms with Crippen LogP contribution in [0.25, 0.3) is 10.2 Å². The van der Waals surface area contributed by atoms with Gasteiger partial charge in [-0.05, 0) is 30.0 Å². The van der Waals surface area contributed by atoms with Crippen LogP contribution in [0.4, 0.5) is 8.78 Å². The number of hydrogen-bond acceptors (Lipinski definition) is 5. The van der Waals surface area contributed by atoms with Crippen LogP contribution in [0.3, 0.4) is 0 Å². The van der Waals surface area contributed by atoms with E-state index in [-0.39, 0.29) is 48.6 Å². The molecule has 0 aliphatic heterocycles. The highest BCUT2D eigenvalue weighted by molar-refractivity contribution is 7.16. The molecule has 0 aliphatic rings. The maximum Gasteiger partial charge on any atom is 0.305 e. The van der Waals surface area contributed by atoms with Crippen molar-refractivity contribution in [1.82, 2.24) is 10.3 Å². The standard InChI is InChI=1S/C23H26F2N2O4S/c24-23(25,10-4-13-31-14-9-16-5-2-1-3-6-16)11-12-26-19(29)15-17-7-8-18(28)20-21(17)32-22(30)27-20/h1-3,5-8,28H,4,9-15H2,(H,26,29)(H,27,30). The van der Waals surface area contributed by atoms with Gasteiger partial charge >= 0.3 is 4.87 Å². The van der Waals surface area contributed by atoms with Crippen molar-refractivity contribution < 1.29 is 23.4 Å². The molecule has 32 heavy (non-hydrogen) atoms. The zero-order valence-corrected chi connectivity index (χ0v) is 18.4. The van der Waals surface area contributed by atoms with Crippen molar-refractivity contribution in [3.05, 3.63) is 63.3 Å². The summed E-state index contributed by atoms with van der Waals surface area (Å²) in [5, 5.41) is 12.3. The Labute approximate surface area is 188 Å². The molecule has 0 fully saturated rings. The molecule has 0 spiro atoms. The lowest BCUT2D eigenvalue weighted by Crippen LogP contribution is -2.30. The van der Waals surface area contributed by atoms with Gasteiger partial charge in [0.05, 0.1) is 17.7 Å². The molecular weight excluding hydrogens is 438 g/mol. The Kier molecular flexibility index (Phi) is 8.35. The number of carbonyl (C=O) groups excluding carboxylic acids is 1. The Morgan fingerprint density at radius 1 is 1.12 bits per heavy atom. The minimum atomic E-state index is -2.89. The number of phenols is 1. The first-order valence-electron chi connectivity index (χ1n) is 10.4. The summed E-state index contributed by atoms with van der Waals surface area (Å²) in [6.45, 7) is 0.614. The van der Waals surface area contributed by atoms with Crippen LogP contribution in [0.1, 0.15) is 30.4 Å². The molecule has 0 saturated heterocycles. The molecule has 1 aromatic heterocycles. The summed E-state index contributed by atoms with van der Waals surface area (Å²) in [4.78, 5) is 25.9. The Morgan fingerprint density at radius 2 is 1.91 bits per heavy atom. The van der Waals surface area contributed by atoms with Crippen LogP contribution < -0.4 is 10.2 Å². The van der Waals surface area contributed by atoms with Crippen molar-refractivity contribution in [2.24, 2.45) is 0 Å². The molecule has 0 unspecified atom stereocenters. The van der Waals surface area contributed by atoms with Crippen molar-refractivity contribution in [2.75, 3.05) is 19.8 Å². The zero-order valence-electron chi connectivity index (χ0n) is 17.5. The van der Waals surface area contributed by atoms with Crippen molar-refractivity contribution >= 4 is 27.5 Å². The molecule has 0 atom stereocenters. The molecule has 9 heteroatoms. The van der Waals surface area contributed by atoms with Gasteiger partial charge in [0.25, 0.3) is 0 Å². The van der Waals surface area contributed by atoms with Gasteiger partial charge in [0.1, 0.15) is 11.3 Å². The van der Waals surface area contributed by atoms with E-state index >= 15 is 0 Å². The summed E-state index contributed by atoms with van der Waals surface area (Å²) in [5.74, 6) is -3.38. The zero-order chi connectivity index (χ0) is 23.0. The number of alkyl halides is 2. The number of phenolic OH excluding ortho intramolecular Hbond substituents is 1. The van der Waals surface area contributed by atoms with Gasteiger partial charge in [-0.15, -0.1) is 0 Å². The second-order valence-corrected chi connectivity index (χ2v) is 8.53. The van der Waals surface area contributed by atoms with Gasteiger partial charge in [0, 0.05) is 26.0 Å². The average Bonchev–Trinajstić information content (AvgIpc) is 3.16. The van der Waals surface area contributed by atoms with Crippen molar-refractivity contribution in [1.29, 1.82) is 0 Å². The van der Waals surface area contributed by atoms with Crippen LogP contribution >= 0.6 is 11.3 Å². The molecule has 6 nitrogen and oxygen atoms in total. The van der Waals surface area contributed by atoms with Gasteiger partial charge < -0.3 is 20.1 Å². The van der Waals surface area contributed by atoms with E-state index in [1.165, 1.54) is 6.07 Å². The number of thiazole rings is 1. The second-order valence-electron chi connectivity index (χ2n) is 7.55. The number of hydrogen-bond donors (Lipinski definition) is 3. The fourth-order valence-electron chi connectivity index (χ4n) is 3.33. The number of benzene rings is 2. The van der Waals surface area contributed by atoms with E-state index in [9.17, 15) is 23.5 Å². The topological polar surface area (TPSA) is 91.4 Å². The van der Waals surface area contributed by atoms with E-state index in [2.05, 4.69) is 10.3 Å². The number of aromatic amines is 1. The number of H-pyrrole nitrogens is 1. The summed E-state index contributed by atoms with van der Waals surface area (Å²) in [6.07, 6.45) is 0.171. The summed E-state index contributed by atoms with van der Waals surface area (Å²) in [6, 6.07) is 12.8. The molecule has 0 radical (unpaired) electrons. The maximum absolute atomic E-state index is 14.1. The quantitative estimate of drug-likeness (QED) is 0.353. The number of rotatable bonds is 12. The van der Waals surface area contributed by atoms with Crippen molar-refractivity contribution in [3.63, 3.8) is 0 Å². The highest BCUT2D eigenvalue weighted by Crippen LogP contribution is 2.28. The third-order valence-electron chi connectivity index (χ3n) is 5.01. The number of aromatic nitrogens is 1. The van der Waals surface area contributed by atoms with Crippen LogP contribution in [0, 0.1) is 0 Å². The number of nitrogens with one attached hydrogen (secondary N) is 2. The molecular formula is C23H26F2N2O4S. The fourth-order valence-corrected chi connectivity index (χ4v) is 4.19. The Hall–Kier alpha value is -2.78. The SMILES string of the molecule is O=C(Cc1ccc(O)c2[nH]c(=O)sc12)NCCC(F)(F)CCCOCCc1ccccc1. The van der Waals surface area contributed by atoms with E-state index in [0.29, 0.717) is 16.9 Å². The van der Waals surface area contributed by atoms with Gasteiger partial charge in [-0.25, -0.2) is 8.78 Å². The first kappa shape index (κ1) is 23.9. The van der Waals surface area contributed by atoms with Gasteiger partial charge in [0.15, 0.2) is 0 Å². The van der Waals surface area contributed by atoms with E-state index in [4.69, 9.17) is 4.74 Å². The molecule has 172 valence electrons. The summed E-state index contributed by atoms with van der Waals surface area (Å²) in [5.41, 5.74) is 1.98. The third kappa shape index (κ3) is 7.13. The van der Waals surface area contributed by atoms with Crippen LogP contribution in [0.15, 0.2) is 47.3 Å². The summed E-state index contributed by atoms with van der Waals surface area (Å²) >= 11 is 0.893. The number of ether oxygens (including phenoxy) is 1. The van der Waals surface area contributed by atoms with E-state index < -0.39 is 18.3 Å². The Bertz CT molecular complexity index is 1080. The molecule has 2 aromatic carbocycles. The number of amides is 1. The van der Waals surface area contributed by atoms with Gasteiger partial charge in [-0.2, -0.15) is 0 Å². The maximum atomic E-state index is 14.1. The van der Waals surface area contributed by atoms with Gasteiger partial charge in [-0.1, -0.05) is 47.7 Å². The van der Waals surface area contributed by atoms with Crippen molar-refractivity contribution in [2.45, 2.75) is 38.0 Å². The predicted octanol–water partition coefficient (Wildman–Crippen LogP) is 4.02. The lowest BCUT2D eigenvalue weighted by molar-refractivity contribution is -0.120. The molecule has 3 rings (SSSR count). The molecule has 3 N–H and O–H groups in total. The van der Waals surface area contributed by atoms with Gasteiger partial charge in [0.2, 0.25) is 11.8 Å². The lowest BCUT2D eigenvalue weighted by Gasteiger charge is -2.16. The molecule has 0 saturated carbocycles. The van der Waals surface area contributed by atoms with E-state index in [0.717, 1.165) is 23.3 Å². The average molecular weight is 465 g/mol. The molecule has 0 aliphatic carbocycles. The van der Waals surface area contributed by atoms with Crippen molar-refractivity contribution in [3.8, 4) is 5.75 Å². The number of fused-ring (bicyclic) bond motifs is 1. The first-order chi connectivity index (χ1) is 15.3. The van der Waals surface area contributed by atoms with Gasteiger partial charge in [-0.3, -0.25) is 9.59 Å².